The highest BCUT2D eigenvalue weighted by Crippen LogP contribution is 2.40. The zero-order valence-electron chi connectivity index (χ0n) is 21.5. The van der Waals surface area contributed by atoms with Crippen molar-refractivity contribution in [2.75, 3.05) is 14.2 Å². The summed E-state index contributed by atoms with van der Waals surface area (Å²) in [5, 5.41) is 0. The first kappa shape index (κ1) is 32.5. The quantitative estimate of drug-likeness (QED) is 0.249. The maximum atomic E-state index is 13.6. The molecule has 0 saturated heterocycles. The fourth-order valence-corrected chi connectivity index (χ4v) is 4.09. The van der Waals surface area contributed by atoms with Gasteiger partial charge < -0.3 is 9.47 Å². The van der Waals surface area contributed by atoms with Gasteiger partial charge in [0.05, 0.1) is 30.9 Å². The molecule has 228 valence electrons. The summed E-state index contributed by atoms with van der Waals surface area (Å²) in [5.41, 5.74) is -6.34. The number of halogens is 11. The second-order valence-corrected chi connectivity index (χ2v) is 8.87. The van der Waals surface area contributed by atoms with E-state index in [1.165, 1.54) is 0 Å². The van der Waals surface area contributed by atoms with Crippen LogP contribution in [0.15, 0.2) is 54.6 Å². The van der Waals surface area contributed by atoms with E-state index < -0.39 is 72.0 Å². The predicted octanol–water partition coefficient (Wildman–Crippen LogP) is 9.12. The lowest BCUT2D eigenvalue weighted by Crippen LogP contribution is -2.30. The minimum Gasteiger partial charge on any atom is -0.496 e. The van der Waals surface area contributed by atoms with Gasteiger partial charge in [0.2, 0.25) is 0 Å². The third-order valence-corrected chi connectivity index (χ3v) is 6.01. The van der Waals surface area contributed by atoms with Crippen molar-refractivity contribution in [3.05, 3.63) is 88.0 Å². The Balaban J connectivity index is 2.20. The molecule has 15 heteroatoms. The lowest BCUT2D eigenvalue weighted by molar-refractivity contribution is -0.143. The Labute approximate surface area is 231 Å². The molecule has 0 aliphatic heterocycles. The van der Waals surface area contributed by atoms with Crippen LogP contribution < -0.4 is 4.74 Å². The summed E-state index contributed by atoms with van der Waals surface area (Å²) in [6, 6.07) is 5.82. The zero-order chi connectivity index (χ0) is 31.6. The zero-order valence-corrected chi connectivity index (χ0v) is 21.5. The van der Waals surface area contributed by atoms with Crippen molar-refractivity contribution in [1.29, 1.82) is 0 Å². The Hall–Kier alpha value is -4.04. The van der Waals surface area contributed by atoms with Gasteiger partial charge in [-0.15, -0.1) is 0 Å². The number of alkyl halides is 11. The molecule has 3 aromatic carbocycles. The summed E-state index contributed by atoms with van der Waals surface area (Å²) in [4.78, 5) is 13.2. The predicted molar refractivity (Wildman–Crippen MR) is 126 cm³/mol. The van der Waals surface area contributed by atoms with Crippen LogP contribution in [0.3, 0.4) is 0 Å². The molecule has 42 heavy (non-hydrogen) atoms. The molecule has 0 atom stereocenters. The van der Waals surface area contributed by atoms with Crippen molar-refractivity contribution >= 4 is 6.09 Å². The van der Waals surface area contributed by atoms with Gasteiger partial charge in [-0.25, -0.2) is 13.6 Å². The van der Waals surface area contributed by atoms with Crippen LogP contribution in [-0.2, 0) is 36.4 Å². The summed E-state index contributed by atoms with van der Waals surface area (Å²) in [7, 11) is 2.00. The van der Waals surface area contributed by atoms with E-state index in [0.29, 0.717) is 29.2 Å². The number of ether oxygens (including phenoxy) is 2. The van der Waals surface area contributed by atoms with Gasteiger partial charge in [-0.3, -0.25) is 4.90 Å². The van der Waals surface area contributed by atoms with Gasteiger partial charge in [0.25, 0.3) is 6.43 Å². The fraction of sp³-hybridized carbons (Fsp3) is 0.296. The van der Waals surface area contributed by atoms with Gasteiger partial charge in [0.1, 0.15) is 5.75 Å². The van der Waals surface area contributed by atoms with E-state index in [-0.39, 0.29) is 28.5 Å². The van der Waals surface area contributed by atoms with Crippen LogP contribution in [0, 0.1) is 0 Å². The molecule has 0 heterocycles. The largest absolute Gasteiger partial charge is 0.496 e. The first-order valence-electron chi connectivity index (χ1n) is 11.6. The summed E-state index contributed by atoms with van der Waals surface area (Å²) in [6.45, 7) is -1.80. The van der Waals surface area contributed by atoms with Crippen molar-refractivity contribution < 1.29 is 62.6 Å². The van der Waals surface area contributed by atoms with Crippen LogP contribution in [0.5, 0.6) is 5.75 Å². The number of methoxy groups -OCH3 is 2. The number of carbonyl (C=O) groups is 1. The Morgan fingerprint density at radius 1 is 0.714 bits per heavy atom. The van der Waals surface area contributed by atoms with Crippen LogP contribution in [0.4, 0.5) is 53.1 Å². The first-order valence-corrected chi connectivity index (χ1v) is 11.6. The monoisotopic (exact) mass is 615 g/mol. The molecule has 0 aliphatic carbocycles. The molecule has 1 amide bonds. The van der Waals surface area contributed by atoms with Crippen molar-refractivity contribution in [2.45, 2.75) is 38.0 Å². The molecule has 4 nitrogen and oxygen atoms in total. The number of carbonyl (C=O) groups excluding carboxylic acids is 1. The van der Waals surface area contributed by atoms with Gasteiger partial charge in [-0.2, -0.15) is 39.5 Å². The maximum absolute atomic E-state index is 13.6. The Kier molecular flexibility index (Phi) is 9.32. The molecule has 0 radical (unpaired) electrons. The fourth-order valence-electron chi connectivity index (χ4n) is 4.09. The highest BCUT2D eigenvalue weighted by molar-refractivity contribution is 5.75. The number of hydrogen-bond acceptors (Lipinski definition) is 3. The van der Waals surface area contributed by atoms with Crippen LogP contribution >= 0.6 is 0 Å². The molecule has 0 bridgehead atoms. The van der Waals surface area contributed by atoms with Gasteiger partial charge >= 0.3 is 24.6 Å². The van der Waals surface area contributed by atoms with E-state index in [2.05, 4.69) is 4.74 Å². The van der Waals surface area contributed by atoms with Crippen molar-refractivity contribution in [3.8, 4) is 16.9 Å². The minimum absolute atomic E-state index is 0.0438. The highest BCUT2D eigenvalue weighted by Gasteiger charge is 2.37. The normalized spacial score (nSPS) is 12.4. The SMILES string of the molecule is COC(=O)N(Cc1cc(C(F)(F)F)cc(C(F)(F)F)c1)Cc1cc(C(F)(F)F)ccc1-c1cc(C(F)F)ccc1OC. The summed E-state index contributed by atoms with van der Waals surface area (Å²) in [6.07, 6.45) is -19.6. The Morgan fingerprint density at radius 2 is 1.29 bits per heavy atom. The summed E-state index contributed by atoms with van der Waals surface area (Å²) >= 11 is 0. The van der Waals surface area contributed by atoms with Crippen molar-refractivity contribution in [1.82, 2.24) is 4.90 Å². The first-order chi connectivity index (χ1) is 19.3. The average Bonchev–Trinajstić information content (AvgIpc) is 2.90. The number of benzene rings is 3. The Bertz CT molecular complexity index is 1400. The number of rotatable bonds is 7. The van der Waals surface area contributed by atoms with Crippen LogP contribution in [0.25, 0.3) is 11.1 Å². The summed E-state index contributed by atoms with van der Waals surface area (Å²) in [5.74, 6) is -0.0438. The van der Waals surface area contributed by atoms with Crippen LogP contribution in [-0.4, -0.2) is 25.2 Å². The molecule has 0 aliphatic rings. The van der Waals surface area contributed by atoms with Crippen molar-refractivity contribution in [2.24, 2.45) is 0 Å². The number of hydrogen-bond donors (Lipinski definition) is 0. The van der Waals surface area contributed by atoms with Crippen molar-refractivity contribution in [3.63, 3.8) is 0 Å². The molecule has 0 saturated carbocycles. The smallest absolute Gasteiger partial charge is 0.416 e. The van der Waals surface area contributed by atoms with Gasteiger partial charge in [-0.1, -0.05) is 6.07 Å². The van der Waals surface area contributed by atoms with E-state index in [4.69, 9.17) is 4.74 Å². The Morgan fingerprint density at radius 3 is 1.76 bits per heavy atom. The number of amides is 1. The van der Waals surface area contributed by atoms with Gasteiger partial charge in [0.15, 0.2) is 0 Å². The van der Waals surface area contributed by atoms with Gasteiger partial charge in [0, 0.05) is 24.2 Å². The maximum Gasteiger partial charge on any atom is 0.416 e. The van der Waals surface area contributed by atoms with E-state index in [1.807, 2.05) is 0 Å². The third kappa shape index (κ3) is 7.62. The lowest BCUT2D eigenvalue weighted by Gasteiger charge is -2.25. The molecule has 3 rings (SSSR count). The second-order valence-electron chi connectivity index (χ2n) is 8.87. The molecule has 0 aromatic heterocycles. The molecule has 0 spiro atoms. The second kappa shape index (κ2) is 12.1. The van der Waals surface area contributed by atoms with Crippen LogP contribution in [0.1, 0.15) is 39.8 Å². The topological polar surface area (TPSA) is 38.8 Å². The van der Waals surface area contributed by atoms with Gasteiger partial charge in [-0.05, 0) is 65.2 Å². The highest BCUT2D eigenvalue weighted by atomic mass is 19.4. The van der Waals surface area contributed by atoms with E-state index in [9.17, 15) is 53.1 Å². The molecule has 0 N–H and O–H groups in total. The summed E-state index contributed by atoms with van der Waals surface area (Å²) < 4.78 is 158. The number of nitrogens with zero attached hydrogens (tertiary/aromatic N) is 1. The lowest BCUT2D eigenvalue weighted by atomic mass is 9.94. The molecule has 0 fully saturated rings. The molecule has 0 unspecified atom stereocenters. The third-order valence-electron chi connectivity index (χ3n) is 6.01. The van der Waals surface area contributed by atoms with E-state index in [1.54, 1.807) is 0 Å². The van der Waals surface area contributed by atoms with Crippen LogP contribution in [0.2, 0.25) is 0 Å². The standard InChI is InChI=1S/C27H20F11NO3/c1-41-22-6-3-15(23(28)29)10-21(22)20-5-4-17(25(30,31)32)9-16(20)13-39(24(40)42-2)12-14-7-18(26(33,34)35)11-19(8-14)27(36,37)38/h3-11,23H,12-13H2,1-2H3. The van der Waals surface area contributed by atoms with E-state index >= 15 is 0 Å². The molecular formula is C27H20F11NO3. The molecule has 3 aromatic rings. The van der Waals surface area contributed by atoms with E-state index in [0.717, 1.165) is 38.5 Å². The average molecular weight is 615 g/mol. The molecular weight excluding hydrogens is 595 g/mol. The minimum atomic E-state index is -5.20.